The Hall–Kier alpha value is -4.59. The molecule has 0 fully saturated rings. The standard InChI is InChI=1S/C27H26N6O2.C2H6/c1-16-11-18(3-6-22(16)25(28)30-2)15-32-27(35)20-9-10-31-21(14-20)13-17-4-7-23-19(12-17)5-8-24(33-23)26(29)34;1-2/h3-12,14H,13,15H2,1-2H3,(H2,28,30)(H2,29,34)(H,32,35);1-2H3. The fraction of sp³-hybridized carbons (Fsp3) is 0.207. The molecule has 5 N–H and O–H groups in total. The van der Waals surface area contributed by atoms with Gasteiger partial charge in [-0.05, 0) is 53.9 Å². The number of carbonyl (C=O) groups is 2. The van der Waals surface area contributed by atoms with Crippen LogP contribution in [0.5, 0.6) is 0 Å². The van der Waals surface area contributed by atoms with Crippen LogP contribution < -0.4 is 16.8 Å². The number of hydrogen-bond donors (Lipinski definition) is 3. The van der Waals surface area contributed by atoms with Crippen molar-refractivity contribution < 1.29 is 9.59 Å². The minimum Gasteiger partial charge on any atom is -0.384 e. The Bertz CT molecular complexity index is 1460. The summed E-state index contributed by atoms with van der Waals surface area (Å²) in [6.07, 6.45) is 2.19. The molecule has 190 valence electrons. The molecular weight excluding hydrogens is 464 g/mol. The van der Waals surface area contributed by atoms with E-state index in [-0.39, 0.29) is 11.6 Å². The molecule has 8 nitrogen and oxygen atoms in total. The lowest BCUT2D eigenvalue weighted by Crippen LogP contribution is -2.23. The van der Waals surface area contributed by atoms with Crippen LogP contribution in [0.3, 0.4) is 0 Å². The predicted molar refractivity (Wildman–Crippen MR) is 148 cm³/mol. The largest absolute Gasteiger partial charge is 0.384 e. The number of aliphatic imine (C=N–C) groups is 1. The fourth-order valence-corrected chi connectivity index (χ4v) is 3.88. The molecule has 37 heavy (non-hydrogen) atoms. The zero-order valence-electron chi connectivity index (χ0n) is 21.6. The second-order valence-corrected chi connectivity index (χ2v) is 8.24. The first-order valence-corrected chi connectivity index (χ1v) is 12.1. The second kappa shape index (κ2) is 12.4. The number of nitrogens with one attached hydrogen (secondary N) is 1. The van der Waals surface area contributed by atoms with Crippen molar-refractivity contribution in [3.8, 4) is 0 Å². The van der Waals surface area contributed by atoms with Gasteiger partial charge in [-0.3, -0.25) is 19.6 Å². The van der Waals surface area contributed by atoms with E-state index in [0.29, 0.717) is 29.9 Å². The number of aromatic nitrogens is 2. The van der Waals surface area contributed by atoms with Crippen LogP contribution >= 0.6 is 0 Å². The van der Waals surface area contributed by atoms with Crippen LogP contribution in [0.2, 0.25) is 0 Å². The number of pyridine rings is 2. The zero-order chi connectivity index (χ0) is 26.9. The number of rotatable bonds is 7. The molecule has 4 rings (SSSR count). The maximum Gasteiger partial charge on any atom is 0.267 e. The number of amides is 2. The van der Waals surface area contributed by atoms with Gasteiger partial charge in [0.2, 0.25) is 0 Å². The van der Waals surface area contributed by atoms with Crippen molar-refractivity contribution in [2.45, 2.75) is 33.7 Å². The quantitative estimate of drug-likeness (QED) is 0.263. The van der Waals surface area contributed by atoms with Crippen molar-refractivity contribution in [2.75, 3.05) is 7.05 Å². The van der Waals surface area contributed by atoms with E-state index >= 15 is 0 Å². The summed E-state index contributed by atoms with van der Waals surface area (Å²) < 4.78 is 0. The van der Waals surface area contributed by atoms with Gasteiger partial charge in [0.05, 0.1) is 5.52 Å². The average Bonchev–Trinajstić information content (AvgIpc) is 2.92. The number of amidine groups is 1. The SMILES string of the molecule is CC.CN=C(N)c1ccc(CNC(=O)c2ccnc(Cc3ccc4nc(C(N)=O)ccc4c3)c2)cc1C. The molecule has 2 heterocycles. The van der Waals surface area contributed by atoms with Gasteiger partial charge in [0, 0.05) is 48.4 Å². The molecule has 2 aromatic carbocycles. The number of carbonyl (C=O) groups excluding carboxylic acids is 2. The monoisotopic (exact) mass is 496 g/mol. The molecule has 0 atom stereocenters. The Morgan fingerprint density at radius 3 is 2.41 bits per heavy atom. The van der Waals surface area contributed by atoms with E-state index in [1.54, 1.807) is 31.4 Å². The summed E-state index contributed by atoms with van der Waals surface area (Å²) in [4.78, 5) is 36.8. The van der Waals surface area contributed by atoms with Crippen molar-refractivity contribution in [1.82, 2.24) is 15.3 Å². The first kappa shape index (κ1) is 27.0. The van der Waals surface area contributed by atoms with Crippen LogP contribution in [0.4, 0.5) is 0 Å². The lowest BCUT2D eigenvalue weighted by molar-refractivity contribution is 0.0949. The van der Waals surface area contributed by atoms with Gasteiger partial charge in [0.25, 0.3) is 11.8 Å². The van der Waals surface area contributed by atoms with Gasteiger partial charge in [-0.25, -0.2) is 4.98 Å². The van der Waals surface area contributed by atoms with E-state index in [9.17, 15) is 9.59 Å². The third kappa shape index (κ3) is 6.76. The first-order chi connectivity index (χ1) is 17.8. The zero-order valence-corrected chi connectivity index (χ0v) is 21.6. The molecule has 4 aromatic rings. The van der Waals surface area contributed by atoms with Crippen LogP contribution in [-0.4, -0.2) is 34.7 Å². The molecule has 0 spiro atoms. The third-order valence-corrected chi connectivity index (χ3v) is 5.73. The number of aryl methyl sites for hydroxylation is 1. The Labute approximate surface area is 216 Å². The van der Waals surface area contributed by atoms with E-state index in [1.165, 1.54) is 0 Å². The summed E-state index contributed by atoms with van der Waals surface area (Å²) in [5.41, 5.74) is 17.3. The second-order valence-electron chi connectivity index (χ2n) is 8.24. The van der Waals surface area contributed by atoms with Crippen LogP contribution in [0, 0.1) is 6.92 Å². The maximum absolute atomic E-state index is 12.8. The Morgan fingerprint density at radius 1 is 0.946 bits per heavy atom. The Kier molecular flexibility index (Phi) is 9.05. The summed E-state index contributed by atoms with van der Waals surface area (Å²) in [7, 11) is 1.66. The molecule has 0 unspecified atom stereocenters. The van der Waals surface area contributed by atoms with E-state index in [2.05, 4.69) is 20.3 Å². The highest BCUT2D eigenvalue weighted by atomic mass is 16.2. The van der Waals surface area contributed by atoms with Gasteiger partial charge in [0.1, 0.15) is 11.5 Å². The third-order valence-electron chi connectivity index (χ3n) is 5.73. The molecule has 2 aromatic heterocycles. The Morgan fingerprint density at radius 2 is 1.70 bits per heavy atom. The van der Waals surface area contributed by atoms with Crippen molar-refractivity contribution in [3.63, 3.8) is 0 Å². The molecule has 0 aliphatic heterocycles. The van der Waals surface area contributed by atoms with Crippen molar-refractivity contribution in [3.05, 3.63) is 106 Å². The molecule has 0 bridgehead atoms. The fourth-order valence-electron chi connectivity index (χ4n) is 3.88. The van der Waals surface area contributed by atoms with Crippen LogP contribution in [0.25, 0.3) is 10.9 Å². The number of benzene rings is 2. The van der Waals surface area contributed by atoms with Crippen LogP contribution in [0.15, 0.2) is 71.9 Å². The molecule has 8 heteroatoms. The van der Waals surface area contributed by atoms with E-state index in [1.807, 2.05) is 63.2 Å². The van der Waals surface area contributed by atoms with Gasteiger partial charge in [0.15, 0.2) is 0 Å². The maximum atomic E-state index is 12.8. The van der Waals surface area contributed by atoms with E-state index in [4.69, 9.17) is 11.5 Å². The molecular formula is C29H32N6O2. The number of nitrogens with zero attached hydrogens (tertiary/aromatic N) is 3. The summed E-state index contributed by atoms with van der Waals surface area (Å²) in [5, 5.41) is 3.86. The number of fused-ring (bicyclic) bond motifs is 1. The van der Waals surface area contributed by atoms with E-state index in [0.717, 1.165) is 33.3 Å². The summed E-state index contributed by atoms with van der Waals surface area (Å²) in [6.45, 7) is 6.36. The average molecular weight is 497 g/mol. The summed E-state index contributed by atoms with van der Waals surface area (Å²) in [6, 6.07) is 18.5. The molecule has 0 aliphatic rings. The number of primary amides is 1. The predicted octanol–water partition coefficient (Wildman–Crippen LogP) is 3.92. The molecule has 0 radical (unpaired) electrons. The van der Waals surface area contributed by atoms with Crippen molar-refractivity contribution >= 4 is 28.6 Å². The number of nitrogens with two attached hydrogens (primary N) is 2. The van der Waals surface area contributed by atoms with Crippen LogP contribution in [-0.2, 0) is 13.0 Å². The summed E-state index contributed by atoms with van der Waals surface area (Å²) >= 11 is 0. The van der Waals surface area contributed by atoms with Gasteiger partial charge in [-0.1, -0.05) is 44.2 Å². The van der Waals surface area contributed by atoms with E-state index < -0.39 is 5.91 Å². The Balaban J connectivity index is 0.00000186. The first-order valence-electron chi connectivity index (χ1n) is 12.1. The highest BCUT2D eigenvalue weighted by Gasteiger charge is 2.10. The molecule has 0 saturated heterocycles. The van der Waals surface area contributed by atoms with Gasteiger partial charge in [-0.15, -0.1) is 0 Å². The summed E-state index contributed by atoms with van der Waals surface area (Å²) in [5.74, 6) is -0.245. The van der Waals surface area contributed by atoms with Crippen LogP contribution in [0.1, 0.15) is 62.6 Å². The lowest BCUT2D eigenvalue weighted by atomic mass is 10.0. The van der Waals surface area contributed by atoms with Crippen molar-refractivity contribution in [1.29, 1.82) is 0 Å². The topological polar surface area (TPSA) is 136 Å². The smallest absolute Gasteiger partial charge is 0.267 e. The number of hydrogen-bond acceptors (Lipinski definition) is 5. The highest BCUT2D eigenvalue weighted by molar-refractivity contribution is 5.98. The lowest BCUT2D eigenvalue weighted by Gasteiger charge is -2.10. The van der Waals surface area contributed by atoms with Gasteiger partial charge < -0.3 is 16.8 Å². The highest BCUT2D eigenvalue weighted by Crippen LogP contribution is 2.18. The minimum atomic E-state index is -0.557. The molecule has 2 amide bonds. The normalized spacial score (nSPS) is 11.0. The molecule has 0 aliphatic carbocycles. The van der Waals surface area contributed by atoms with Crippen molar-refractivity contribution in [2.24, 2.45) is 16.5 Å². The van der Waals surface area contributed by atoms with Gasteiger partial charge in [-0.2, -0.15) is 0 Å². The van der Waals surface area contributed by atoms with Gasteiger partial charge >= 0.3 is 0 Å². The minimum absolute atomic E-state index is 0.174. The molecule has 0 saturated carbocycles.